The van der Waals surface area contributed by atoms with Gasteiger partial charge >= 0.3 is 0 Å². The molecular formula is C14H30N2O. The minimum Gasteiger partial charge on any atom is -0.395 e. The van der Waals surface area contributed by atoms with Gasteiger partial charge in [-0.25, -0.2) is 0 Å². The molecule has 1 fully saturated rings. The van der Waals surface area contributed by atoms with Crippen LogP contribution in [0.25, 0.3) is 0 Å². The lowest BCUT2D eigenvalue weighted by Crippen LogP contribution is -2.55. The molecule has 3 N–H and O–H groups in total. The average Bonchev–Trinajstić information content (AvgIpc) is 2.15. The van der Waals surface area contributed by atoms with Crippen LogP contribution < -0.4 is 5.73 Å². The molecule has 102 valence electrons. The Bertz CT molecular complexity index is 228. The van der Waals surface area contributed by atoms with Gasteiger partial charge in [0, 0.05) is 18.6 Å². The highest BCUT2D eigenvalue weighted by atomic mass is 16.3. The Kier molecular flexibility index (Phi) is 5.42. The molecular weight excluding hydrogens is 212 g/mol. The highest BCUT2D eigenvalue weighted by Crippen LogP contribution is 2.30. The van der Waals surface area contributed by atoms with E-state index in [4.69, 9.17) is 5.73 Å². The van der Waals surface area contributed by atoms with Gasteiger partial charge < -0.3 is 10.8 Å². The maximum absolute atomic E-state index is 9.61. The highest BCUT2D eigenvalue weighted by Gasteiger charge is 2.32. The van der Waals surface area contributed by atoms with E-state index in [1.165, 1.54) is 12.8 Å². The van der Waals surface area contributed by atoms with Gasteiger partial charge in [-0.05, 0) is 37.1 Å². The largest absolute Gasteiger partial charge is 0.395 e. The number of hydrogen-bond donors (Lipinski definition) is 2. The Hall–Kier alpha value is -0.120. The summed E-state index contributed by atoms with van der Waals surface area (Å²) in [5, 5.41) is 9.61. The Morgan fingerprint density at radius 2 is 2.00 bits per heavy atom. The topological polar surface area (TPSA) is 49.5 Å². The van der Waals surface area contributed by atoms with E-state index in [0.29, 0.717) is 11.3 Å². The number of aliphatic hydroxyl groups excluding tert-OH is 1. The van der Waals surface area contributed by atoms with Crippen molar-refractivity contribution in [1.82, 2.24) is 4.90 Å². The number of nitrogens with two attached hydrogens (primary N) is 1. The zero-order valence-electron chi connectivity index (χ0n) is 11.9. The lowest BCUT2D eigenvalue weighted by atomic mass is 9.82. The van der Waals surface area contributed by atoms with Crippen molar-refractivity contribution in [3.8, 4) is 0 Å². The minimum atomic E-state index is 0.0916. The molecule has 3 heteroatoms. The number of rotatable bonds is 5. The molecule has 0 spiro atoms. The van der Waals surface area contributed by atoms with Gasteiger partial charge in [0.25, 0.3) is 0 Å². The molecule has 17 heavy (non-hydrogen) atoms. The Labute approximate surface area is 106 Å². The number of hydrogen-bond acceptors (Lipinski definition) is 3. The molecule has 2 unspecified atom stereocenters. The minimum absolute atomic E-state index is 0.0916. The van der Waals surface area contributed by atoms with Crippen molar-refractivity contribution in [2.45, 2.75) is 59.0 Å². The summed E-state index contributed by atoms with van der Waals surface area (Å²) in [7, 11) is 0. The van der Waals surface area contributed by atoms with E-state index in [1.54, 1.807) is 0 Å². The standard InChI is InChI=1S/C14H30N2O/c1-11(2)8-12(15)13(9-17)16-7-5-6-14(3,4)10-16/h11-13,17H,5-10,15H2,1-4H3. The first-order chi connectivity index (χ1) is 7.85. The van der Waals surface area contributed by atoms with Gasteiger partial charge in [-0.1, -0.05) is 27.7 Å². The van der Waals surface area contributed by atoms with Crippen LogP contribution in [0.4, 0.5) is 0 Å². The van der Waals surface area contributed by atoms with Crippen LogP contribution in [0, 0.1) is 11.3 Å². The third kappa shape index (κ3) is 4.57. The molecule has 1 saturated heterocycles. The van der Waals surface area contributed by atoms with Gasteiger partial charge in [-0.2, -0.15) is 0 Å². The maximum Gasteiger partial charge on any atom is 0.0601 e. The first-order valence-electron chi connectivity index (χ1n) is 6.96. The van der Waals surface area contributed by atoms with Crippen LogP contribution in [0.15, 0.2) is 0 Å². The molecule has 1 heterocycles. The number of likely N-dealkylation sites (tertiary alicyclic amines) is 1. The van der Waals surface area contributed by atoms with E-state index in [9.17, 15) is 5.11 Å². The summed E-state index contributed by atoms with van der Waals surface area (Å²) in [6.07, 6.45) is 3.49. The number of piperidine rings is 1. The van der Waals surface area contributed by atoms with Gasteiger partial charge in [0.2, 0.25) is 0 Å². The smallest absolute Gasteiger partial charge is 0.0601 e. The van der Waals surface area contributed by atoms with Crippen LogP contribution in [-0.4, -0.2) is 41.8 Å². The van der Waals surface area contributed by atoms with Gasteiger partial charge in [0.05, 0.1) is 6.61 Å². The molecule has 2 atom stereocenters. The van der Waals surface area contributed by atoms with Crippen molar-refractivity contribution >= 4 is 0 Å². The maximum atomic E-state index is 9.61. The Balaban J connectivity index is 2.60. The molecule has 0 aromatic heterocycles. The van der Waals surface area contributed by atoms with Gasteiger partial charge in [-0.15, -0.1) is 0 Å². The second kappa shape index (κ2) is 6.17. The van der Waals surface area contributed by atoms with Crippen molar-refractivity contribution in [3.63, 3.8) is 0 Å². The molecule has 0 aliphatic carbocycles. The van der Waals surface area contributed by atoms with E-state index >= 15 is 0 Å². The molecule has 0 bridgehead atoms. The van der Waals surface area contributed by atoms with Crippen LogP contribution in [0.2, 0.25) is 0 Å². The molecule has 1 rings (SSSR count). The van der Waals surface area contributed by atoms with E-state index < -0.39 is 0 Å². The SMILES string of the molecule is CC(C)CC(N)C(CO)N1CCCC(C)(C)C1. The van der Waals surface area contributed by atoms with Crippen LogP contribution in [-0.2, 0) is 0 Å². The lowest BCUT2D eigenvalue weighted by Gasteiger charge is -2.43. The molecule has 1 aliphatic rings. The highest BCUT2D eigenvalue weighted by molar-refractivity contribution is 4.88. The normalized spacial score (nSPS) is 24.9. The van der Waals surface area contributed by atoms with Crippen molar-refractivity contribution in [3.05, 3.63) is 0 Å². The van der Waals surface area contributed by atoms with Crippen LogP contribution >= 0.6 is 0 Å². The Morgan fingerprint density at radius 1 is 1.35 bits per heavy atom. The second-order valence-corrected chi connectivity index (χ2v) is 6.78. The van der Waals surface area contributed by atoms with Crippen molar-refractivity contribution in [2.24, 2.45) is 17.1 Å². The van der Waals surface area contributed by atoms with Crippen LogP contribution in [0.5, 0.6) is 0 Å². The molecule has 0 amide bonds. The lowest BCUT2D eigenvalue weighted by molar-refractivity contribution is 0.0349. The first kappa shape index (κ1) is 14.9. The molecule has 0 radical (unpaired) electrons. The summed E-state index contributed by atoms with van der Waals surface area (Å²) < 4.78 is 0. The fraction of sp³-hybridized carbons (Fsp3) is 1.00. The number of aliphatic hydroxyl groups is 1. The van der Waals surface area contributed by atoms with E-state index in [2.05, 4.69) is 32.6 Å². The molecule has 1 aliphatic heterocycles. The summed E-state index contributed by atoms with van der Waals surface area (Å²) >= 11 is 0. The summed E-state index contributed by atoms with van der Waals surface area (Å²) in [6, 6.07) is 0.228. The monoisotopic (exact) mass is 242 g/mol. The van der Waals surface area contributed by atoms with Crippen molar-refractivity contribution < 1.29 is 5.11 Å². The quantitative estimate of drug-likeness (QED) is 0.773. The van der Waals surface area contributed by atoms with Gasteiger partial charge in [-0.3, -0.25) is 4.90 Å². The zero-order valence-corrected chi connectivity index (χ0v) is 11.9. The average molecular weight is 242 g/mol. The van der Waals surface area contributed by atoms with Crippen LogP contribution in [0.3, 0.4) is 0 Å². The third-order valence-electron chi connectivity index (χ3n) is 3.82. The second-order valence-electron chi connectivity index (χ2n) is 6.78. The Morgan fingerprint density at radius 3 is 2.47 bits per heavy atom. The molecule has 3 nitrogen and oxygen atoms in total. The van der Waals surface area contributed by atoms with Crippen molar-refractivity contribution in [1.29, 1.82) is 0 Å². The number of nitrogens with zero attached hydrogens (tertiary/aromatic N) is 1. The summed E-state index contributed by atoms with van der Waals surface area (Å²) in [4.78, 5) is 2.40. The van der Waals surface area contributed by atoms with E-state index in [-0.39, 0.29) is 18.7 Å². The zero-order chi connectivity index (χ0) is 13.1. The summed E-state index contributed by atoms with van der Waals surface area (Å²) in [5.74, 6) is 0.594. The fourth-order valence-electron chi connectivity index (χ4n) is 2.97. The van der Waals surface area contributed by atoms with E-state index in [0.717, 1.165) is 19.5 Å². The van der Waals surface area contributed by atoms with Crippen molar-refractivity contribution in [2.75, 3.05) is 19.7 Å². The van der Waals surface area contributed by atoms with Crippen LogP contribution in [0.1, 0.15) is 47.0 Å². The van der Waals surface area contributed by atoms with E-state index in [1.807, 2.05) is 0 Å². The van der Waals surface area contributed by atoms with Gasteiger partial charge in [0.15, 0.2) is 0 Å². The summed E-state index contributed by atoms with van der Waals surface area (Å²) in [5.41, 5.74) is 6.61. The fourth-order valence-corrected chi connectivity index (χ4v) is 2.97. The molecule has 0 aromatic carbocycles. The predicted molar refractivity (Wildman–Crippen MR) is 72.9 cm³/mol. The summed E-state index contributed by atoms with van der Waals surface area (Å²) in [6.45, 7) is 11.3. The molecule has 0 aromatic rings. The van der Waals surface area contributed by atoms with Gasteiger partial charge in [0.1, 0.15) is 0 Å². The molecule has 0 saturated carbocycles. The predicted octanol–water partition coefficient (Wildman–Crippen LogP) is 1.84. The third-order valence-corrected chi connectivity index (χ3v) is 3.82. The first-order valence-corrected chi connectivity index (χ1v) is 6.96.